The number of carbonyl (C=O) groups is 1. The van der Waals surface area contributed by atoms with Crippen LogP contribution in [-0.2, 0) is 14.3 Å². The first-order valence-electron chi connectivity index (χ1n) is 3.68. The highest BCUT2D eigenvalue weighted by atomic mass is 16.6. The van der Waals surface area contributed by atoms with Crippen molar-refractivity contribution in [3.63, 3.8) is 0 Å². The van der Waals surface area contributed by atoms with Crippen LogP contribution in [0.5, 0.6) is 0 Å². The number of carbonyl (C=O) groups excluding carboxylic acids is 1. The molecule has 0 unspecified atom stereocenters. The van der Waals surface area contributed by atoms with Gasteiger partial charge in [-0.25, -0.2) is 0 Å². The minimum Gasteiger partial charge on any atom is -0.462 e. The highest BCUT2D eigenvalue weighted by Crippen LogP contribution is 1.84. The fourth-order valence-electron chi connectivity index (χ4n) is 0.477. The molecule has 0 aliphatic rings. The van der Waals surface area contributed by atoms with Gasteiger partial charge >= 0.3 is 5.97 Å². The molecule has 0 aliphatic heterocycles. The Morgan fingerprint density at radius 1 is 1.55 bits per heavy atom. The first kappa shape index (κ1) is 10.4. The zero-order valence-electron chi connectivity index (χ0n) is 7.00. The fraction of sp³-hybridized carbons (Fsp3) is 0.857. The van der Waals surface area contributed by atoms with E-state index in [9.17, 15) is 4.79 Å². The lowest BCUT2D eigenvalue weighted by atomic mass is 10.4. The van der Waals surface area contributed by atoms with Gasteiger partial charge in [0.25, 0.3) is 0 Å². The van der Waals surface area contributed by atoms with Crippen LogP contribution in [0.1, 0.15) is 13.8 Å². The lowest BCUT2D eigenvalue weighted by Crippen LogP contribution is -2.29. The van der Waals surface area contributed by atoms with Gasteiger partial charge in [0, 0.05) is 6.61 Å². The summed E-state index contributed by atoms with van der Waals surface area (Å²) >= 11 is 0. The second-order valence-electron chi connectivity index (χ2n) is 2.15. The van der Waals surface area contributed by atoms with Crippen LogP contribution in [0, 0.1) is 0 Å². The van der Waals surface area contributed by atoms with Crippen molar-refractivity contribution in [2.24, 2.45) is 5.73 Å². The summed E-state index contributed by atoms with van der Waals surface area (Å²) in [5.41, 5.74) is 5.24. The predicted molar refractivity (Wildman–Crippen MR) is 41.1 cm³/mol. The Bertz CT molecular complexity index is 114. The number of hydrogen-bond donors (Lipinski definition) is 1. The molecule has 0 aromatic carbocycles. The van der Waals surface area contributed by atoms with Crippen LogP contribution in [0.2, 0.25) is 0 Å². The zero-order chi connectivity index (χ0) is 8.69. The maximum Gasteiger partial charge on any atom is 0.322 e. The van der Waals surface area contributed by atoms with Crippen LogP contribution in [0.15, 0.2) is 0 Å². The lowest BCUT2D eigenvalue weighted by Gasteiger charge is -2.06. The van der Waals surface area contributed by atoms with E-state index in [4.69, 9.17) is 15.2 Å². The van der Waals surface area contributed by atoms with E-state index in [0.29, 0.717) is 13.2 Å². The number of ether oxygens (including phenoxy) is 2. The molecule has 0 saturated heterocycles. The maximum atomic E-state index is 10.7. The van der Waals surface area contributed by atoms with Crippen molar-refractivity contribution in [1.82, 2.24) is 0 Å². The van der Waals surface area contributed by atoms with Crippen LogP contribution in [-0.4, -0.2) is 31.8 Å². The average molecular weight is 161 g/mol. The Kier molecular flexibility index (Phi) is 5.78. The van der Waals surface area contributed by atoms with E-state index < -0.39 is 6.04 Å². The van der Waals surface area contributed by atoms with Crippen LogP contribution in [0.25, 0.3) is 0 Å². The SMILES string of the molecule is CCOCCOC(=O)[C@@H](C)N. The van der Waals surface area contributed by atoms with Crippen LogP contribution < -0.4 is 5.73 Å². The Morgan fingerprint density at radius 3 is 2.64 bits per heavy atom. The molecule has 0 aliphatic carbocycles. The summed E-state index contributed by atoms with van der Waals surface area (Å²) in [5.74, 6) is -0.385. The highest BCUT2D eigenvalue weighted by molar-refractivity contribution is 5.74. The van der Waals surface area contributed by atoms with E-state index in [1.165, 1.54) is 0 Å². The molecular formula is C7H15NO3. The molecule has 0 fully saturated rings. The van der Waals surface area contributed by atoms with E-state index in [0.717, 1.165) is 0 Å². The summed E-state index contributed by atoms with van der Waals surface area (Å²) in [6.07, 6.45) is 0. The normalized spacial score (nSPS) is 12.6. The van der Waals surface area contributed by atoms with E-state index in [1.807, 2.05) is 6.92 Å². The molecule has 0 saturated carbocycles. The van der Waals surface area contributed by atoms with Crippen molar-refractivity contribution in [2.45, 2.75) is 19.9 Å². The molecule has 4 nitrogen and oxygen atoms in total. The number of nitrogens with two attached hydrogens (primary N) is 1. The summed E-state index contributed by atoms with van der Waals surface area (Å²) in [7, 11) is 0. The molecular weight excluding hydrogens is 146 g/mol. The van der Waals surface area contributed by atoms with Crippen molar-refractivity contribution in [3.05, 3.63) is 0 Å². The Morgan fingerprint density at radius 2 is 2.18 bits per heavy atom. The first-order chi connectivity index (χ1) is 5.18. The van der Waals surface area contributed by atoms with Gasteiger partial charge in [0.05, 0.1) is 6.61 Å². The first-order valence-corrected chi connectivity index (χ1v) is 3.68. The molecule has 0 spiro atoms. The Labute approximate surface area is 66.7 Å². The summed E-state index contributed by atoms with van der Waals surface area (Å²) in [4.78, 5) is 10.7. The predicted octanol–water partition coefficient (Wildman–Crippen LogP) is -0.0867. The highest BCUT2D eigenvalue weighted by Gasteiger charge is 2.07. The quantitative estimate of drug-likeness (QED) is 0.452. The van der Waals surface area contributed by atoms with Crippen LogP contribution in [0.4, 0.5) is 0 Å². The van der Waals surface area contributed by atoms with E-state index in [1.54, 1.807) is 6.92 Å². The third kappa shape index (κ3) is 5.82. The summed E-state index contributed by atoms with van der Waals surface area (Å²) < 4.78 is 9.66. The molecule has 0 amide bonds. The van der Waals surface area contributed by atoms with Gasteiger partial charge in [-0.1, -0.05) is 0 Å². The topological polar surface area (TPSA) is 61.5 Å². The molecule has 2 N–H and O–H groups in total. The number of esters is 1. The molecule has 11 heavy (non-hydrogen) atoms. The molecule has 0 radical (unpaired) electrons. The standard InChI is InChI=1S/C7H15NO3/c1-3-10-4-5-11-7(9)6(2)8/h6H,3-5,8H2,1-2H3/t6-/m1/s1. The Hall–Kier alpha value is -0.610. The average Bonchev–Trinajstić information content (AvgIpc) is 1.97. The van der Waals surface area contributed by atoms with Crippen LogP contribution >= 0.6 is 0 Å². The molecule has 66 valence electrons. The smallest absolute Gasteiger partial charge is 0.322 e. The van der Waals surface area contributed by atoms with Crippen molar-refractivity contribution in [2.75, 3.05) is 19.8 Å². The fourth-order valence-corrected chi connectivity index (χ4v) is 0.477. The zero-order valence-corrected chi connectivity index (χ0v) is 7.00. The van der Waals surface area contributed by atoms with Gasteiger partial charge in [0.15, 0.2) is 0 Å². The minimum absolute atomic E-state index is 0.286. The molecule has 1 atom stereocenters. The third-order valence-corrected chi connectivity index (χ3v) is 1.05. The van der Waals surface area contributed by atoms with Gasteiger partial charge in [-0.2, -0.15) is 0 Å². The third-order valence-electron chi connectivity index (χ3n) is 1.05. The van der Waals surface area contributed by atoms with Gasteiger partial charge in [0.1, 0.15) is 12.6 Å². The van der Waals surface area contributed by atoms with Gasteiger partial charge < -0.3 is 15.2 Å². The van der Waals surface area contributed by atoms with Crippen molar-refractivity contribution >= 4 is 5.97 Å². The number of hydrogen-bond acceptors (Lipinski definition) is 4. The van der Waals surface area contributed by atoms with E-state index >= 15 is 0 Å². The number of rotatable bonds is 5. The van der Waals surface area contributed by atoms with Gasteiger partial charge in [0.2, 0.25) is 0 Å². The van der Waals surface area contributed by atoms with E-state index in [2.05, 4.69) is 0 Å². The minimum atomic E-state index is -0.545. The largest absolute Gasteiger partial charge is 0.462 e. The molecule has 4 heteroatoms. The lowest BCUT2D eigenvalue weighted by molar-refractivity contribution is -0.146. The summed E-state index contributed by atoms with van der Waals surface area (Å²) in [6, 6.07) is -0.545. The van der Waals surface area contributed by atoms with Gasteiger partial charge in [-0.3, -0.25) is 4.79 Å². The second kappa shape index (κ2) is 6.12. The Balaban J connectivity index is 3.18. The van der Waals surface area contributed by atoms with Gasteiger partial charge in [-0.05, 0) is 13.8 Å². The molecule has 0 heterocycles. The van der Waals surface area contributed by atoms with Crippen molar-refractivity contribution in [3.8, 4) is 0 Å². The van der Waals surface area contributed by atoms with Gasteiger partial charge in [-0.15, -0.1) is 0 Å². The second-order valence-corrected chi connectivity index (χ2v) is 2.15. The van der Waals surface area contributed by atoms with Crippen LogP contribution in [0.3, 0.4) is 0 Å². The summed E-state index contributed by atoms with van der Waals surface area (Å²) in [5, 5.41) is 0. The maximum absolute atomic E-state index is 10.7. The molecule has 0 bridgehead atoms. The molecule has 0 rings (SSSR count). The van der Waals surface area contributed by atoms with Crippen molar-refractivity contribution in [1.29, 1.82) is 0 Å². The summed E-state index contributed by atoms with van der Waals surface area (Å²) in [6.45, 7) is 4.83. The molecule has 0 aromatic rings. The van der Waals surface area contributed by atoms with E-state index in [-0.39, 0.29) is 12.6 Å². The molecule has 0 aromatic heterocycles. The van der Waals surface area contributed by atoms with Crippen molar-refractivity contribution < 1.29 is 14.3 Å². The monoisotopic (exact) mass is 161 g/mol.